The summed E-state index contributed by atoms with van der Waals surface area (Å²) >= 11 is 1.89. The maximum Gasteiger partial charge on any atom is 0.389 e. The van der Waals surface area contributed by atoms with Crippen molar-refractivity contribution in [3.05, 3.63) is 0 Å². The Morgan fingerprint density at radius 1 is 1.30 bits per heavy atom. The SMILES string of the molecule is CN=C(NCCCCC(F)(F)F)NC1CCC(SC)C1. The fraction of sp³-hybridized carbons (Fsp3) is 0.923. The Morgan fingerprint density at radius 2 is 2.05 bits per heavy atom. The first-order valence-corrected chi connectivity index (χ1v) is 8.30. The molecule has 0 aromatic carbocycles. The number of hydrogen-bond donors (Lipinski definition) is 2. The van der Waals surface area contributed by atoms with Crippen molar-refractivity contribution in [2.45, 2.75) is 56.0 Å². The molecule has 0 aromatic rings. The van der Waals surface area contributed by atoms with Gasteiger partial charge in [-0.2, -0.15) is 24.9 Å². The number of rotatable bonds is 6. The highest BCUT2D eigenvalue weighted by Gasteiger charge is 2.26. The maximum absolute atomic E-state index is 12.0. The third-order valence-corrected chi connectivity index (χ3v) is 4.56. The average Bonchev–Trinajstić information content (AvgIpc) is 2.83. The molecule has 0 aromatic heterocycles. The van der Waals surface area contributed by atoms with E-state index in [0.717, 1.165) is 12.8 Å². The molecule has 1 saturated carbocycles. The summed E-state index contributed by atoms with van der Waals surface area (Å²) in [5, 5.41) is 7.13. The summed E-state index contributed by atoms with van der Waals surface area (Å²) in [7, 11) is 1.69. The Hall–Kier alpha value is -0.590. The summed E-state index contributed by atoms with van der Waals surface area (Å²) in [5.41, 5.74) is 0. The normalized spacial score (nSPS) is 23.9. The summed E-state index contributed by atoms with van der Waals surface area (Å²) < 4.78 is 36.0. The van der Waals surface area contributed by atoms with Crippen LogP contribution < -0.4 is 10.6 Å². The molecule has 1 aliphatic rings. The van der Waals surface area contributed by atoms with Crippen LogP contribution in [0.3, 0.4) is 0 Å². The van der Waals surface area contributed by atoms with Gasteiger partial charge in [-0.25, -0.2) is 0 Å². The van der Waals surface area contributed by atoms with E-state index >= 15 is 0 Å². The van der Waals surface area contributed by atoms with Gasteiger partial charge >= 0.3 is 6.18 Å². The molecule has 0 amide bonds. The fourth-order valence-corrected chi connectivity index (χ4v) is 3.13. The number of nitrogens with one attached hydrogen (secondary N) is 2. The van der Waals surface area contributed by atoms with E-state index in [4.69, 9.17) is 0 Å². The van der Waals surface area contributed by atoms with Gasteiger partial charge in [0.05, 0.1) is 0 Å². The van der Waals surface area contributed by atoms with Crippen molar-refractivity contribution in [2.75, 3.05) is 19.8 Å². The smallest absolute Gasteiger partial charge is 0.356 e. The van der Waals surface area contributed by atoms with Crippen molar-refractivity contribution < 1.29 is 13.2 Å². The summed E-state index contributed by atoms with van der Waals surface area (Å²) in [6, 6.07) is 0.425. The zero-order valence-corrected chi connectivity index (χ0v) is 12.9. The molecule has 2 atom stereocenters. The lowest BCUT2D eigenvalue weighted by atomic mass is 10.2. The Bertz CT molecular complexity index is 308. The second kappa shape index (κ2) is 8.64. The van der Waals surface area contributed by atoms with Crippen LogP contribution in [0.5, 0.6) is 0 Å². The fourth-order valence-electron chi connectivity index (χ4n) is 2.33. The molecular weight excluding hydrogens is 287 g/mol. The van der Waals surface area contributed by atoms with Crippen LogP contribution in [-0.2, 0) is 0 Å². The molecule has 20 heavy (non-hydrogen) atoms. The second-order valence-corrected chi connectivity index (χ2v) is 6.22. The van der Waals surface area contributed by atoms with E-state index in [1.54, 1.807) is 7.05 Å². The third-order valence-electron chi connectivity index (χ3n) is 3.46. The van der Waals surface area contributed by atoms with Crippen LogP contribution in [0.15, 0.2) is 4.99 Å². The molecule has 1 aliphatic carbocycles. The zero-order chi connectivity index (χ0) is 15.0. The Balaban J connectivity index is 2.14. The number of unbranched alkanes of at least 4 members (excludes halogenated alkanes) is 1. The Kier molecular flexibility index (Phi) is 7.55. The first kappa shape index (κ1) is 17.5. The minimum absolute atomic E-state index is 0.158. The maximum atomic E-state index is 12.0. The summed E-state index contributed by atoms with van der Waals surface area (Å²) in [6.07, 6.45) is 1.48. The van der Waals surface area contributed by atoms with Crippen LogP contribution >= 0.6 is 11.8 Å². The van der Waals surface area contributed by atoms with Crippen LogP contribution in [0.4, 0.5) is 13.2 Å². The van der Waals surface area contributed by atoms with E-state index in [9.17, 15) is 13.2 Å². The van der Waals surface area contributed by atoms with E-state index in [1.807, 2.05) is 11.8 Å². The first-order valence-electron chi connectivity index (χ1n) is 7.01. The van der Waals surface area contributed by atoms with Gasteiger partial charge in [0.25, 0.3) is 0 Å². The summed E-state index contributed by atoms with van der Waals surface area (Å²) in [6.45, 7) is 0.522. The molecule has 0 saturated heterocycles. The standard InChI is InChI=1S/C13H24F3N3S/c1-17-12(18-8-4-3-7-13(14,15)16)19-10-5-6-11(9-10)20-2/h10-11H,3-9H2,1-2H3,(H2,17,18,19). The molecule has 0 bridgehead atoms. The minimum Gasteiger partial charge on any atom is -0.356 e. The molecule has 0 aliphatic heterocycles. The van der Waals surface area contributed by atoms with E-state index in [0.29, 0.717) is 30.2 Å². The largest absolute Gasteiger partial charge is 0.389 e. The molecule has 0 spiro atoms. The van der Waals surface area contributed by atoms with Crippen LogP contribution in [-0.4, -0.2) is 43.3 Å². The molecular formula is C13H24F3N3S. The number of guanidine groups is 1. The van der Waals surface area contributed by atoms with Crippen molar-refractivity contribution in [3.8, 4) is 0 Å². The lowest BCUT2D eigenvalue weighted by Crippen LogP contribution is -2.42. The number of thioether (sulfide) groups is 1. The molecule has 2 N–H and O–H groups in total. The topological polar surface area (TPSA) is 36.4 Å². The van der Waals surface area contributed by atoms with Gasteiger partial charge < -0.3 is 10.6 Å². The minimum atomic E-state index is -4.05. The van der Waals surface area contributed by atoms with Crippen LogP contribution in [0.2, 0.25) is 0 Å². The van der Waals surface area contributed by atoms with Crippen molar-refractivity contribution in [3.63, 3.8) is 0 Å². The van der Waals surface area contributed by atoms with Crippen molar-refractivity contribution >= 4 is 17.7 Å². The second-order valence-electron chi connectivity index (χ2n) is 5.08. The number of nitrogens with zero attached hydrogens (tertiary/aromatic N) is 1. The quantitative estimate of drug-likeness (QED) is 0.449. The number of alkyl halides is 3. The predicted octanol–water partition coefficient (Wildman–Crippen LogP) is 3.17. The number of halogens is 3. The molecule has 0 heterocycles. The first-order chi connectivity index (χ1) is 9.44. The van der Waals surface area contributed by atoms with Gasteiger partial charge in [-0.15, -0.1) is 0 Å². The van der Waals surface area contributed by atoms with Crippen LogP contribution in [0.25, 0.3) is 0 Å². The van der Waals surface area contributed by atoms with Gasteiger partial charge in [0, 0.05) is 31.3 Å². The highest BCUT2D eigenvalue weighted by atomic mass is 32.2. The number of aliphatic imine (C=N–C) groups is 1. The molecule has 2 unspecified atom stereocenters. The molecule has 118 valence electrons. The molecule has 1 rings (SSSR count). The van der Waals surface area contributed by atoms with Crippen molar-refractivity contribution in [2.24, 2.45) is 4.99 Å². The van der Waals surface area contributed by atoms with Gasteiger partial charge in [0.2, 0.25) is 0 Å². The Labute approximate surface area is 123 Å². The van der Waals surface area contributed by atoms with Gasteiger partial charge in [0.1, 0.15) is 0 Å². The summed E-state index contributed by atoms with van der Waals surface area (Å²) in [5.74, 6) is 0.698. The third kappa shape index (κ3) is 7.26. The highest BCUT2D eigenvalue weighted by Crippen LogP contribution is 2.28. The average molecular weight is 311 g/mol. The Morgan fingerprint density at radius 3 is 2.60 bits per heavy atom. The van der Waals surface area contributed by atoms with Crippen LogP contribution in [0, 0.1) is 0 Å². The van der Waals surface area contributed by atoms with Gasteiger partial charge in [-0.3, -0.25) is 4.99 Å². The summed E-state index contributed by atoms with van der Waals surface area (Å²) in [4.78, 5) is 4.11. The highest BCUT2D eigenvalue weighted by molar-refractivity contribution is 7.99. The predicted molar refractivity (Wildman–Crippen MR) is 79.3 cm³/mol. The lowest BCUT2D eigenvalue weighted by Gasteiger charge is -2.17. The molecule has 0 radical (unpaired) electrons. The van der Waals surface area contributed by atoms with Crippen molar-refractivity contribution in [1.82, 2.24) is 10.6 Å². The van der Waals surface area contributed by atoms with E-state index in [-0.39, 0.29) is 6.42 Å². The van der Waals surface area contributed by atoms with E-state index < -0.39 is 12.6 Å². The molecule has 3 nitrogen and oxygen atoms in total. The van der Waals surface area contributed by atoms with E-state index in [1.165, 1.54) is 6.42 Å². The van der Waals surface area contributed by atoms with E-state index in [2.05, 4.69) is 21.9 Å². The molecule has 7 heteroatoms. The van der Waals surface area contributed by atoms with Gasteiger partial charge in [-0.1, -0.05) is 0 Å². The number of hydrogen-bond acceptors (Lipinski definition) is 2. The van der Waals surface area contributed by atoms with Crippen molar-refractivity contribution in [1.29, 1.82) is 0 Å². The molecule has 1 fully saturated rings. The monoisotopic (exact) mass is 311 g/mol. The lowest BCUT2D eigenvalue weighted by molar-refractivity contribution is -0.135. The van der Waals surface area contributed by atoms with Gasteiger partial charge in [-0.05, 0) is 38.4 Å². The van der Waals surface area contributed by atoms with Gasteiger partial charge in [0.15, 0.2) is 5.96 Å². The van der Waals surface area contributed by atoms with Crippen LogP contribution in [0.1, 0.15) is 38.5 Å². The zero-order valence-electron chi connectivity index (χ0n) is 12.1.